The lowest BCUT2D eigenvalue weighted by atomic mass is 9.91. The number of carbonyl (C=O) groups is 1. The van der Waals surface area contributed by atoms with E-state index in [0.29, 0.717) is 42.6 Å². The summed E-state index contributed by atoms with van der Waals surface area (Å²) in [6.45, 7) is 4.27. The van der Waals surface area contributed by atoms with Crippen molar-refractivity contribution in [3.05, 3.63) is 47.4 Å². The highest BCUT2D eigenvalue weighted by molar-refractivity contribution is 5.95. The minimum atomic E-state index is 0.00301. The number of carbonyl (C=O) groups excluding carboxylic acids is 1. The number of hydrogen-bond donors (Lipinski definition) is 1. The van der Waals surface area contributed by atoms with E-state index in [2.05, 4.69) is 15.4 Å². The van der Waals surface area contributed by atoms with Gasteiger partial charge in [0, 0.05) is 30.6 Å². The molecule has 8 nitrogen and oxygen atoms in total. The van der Waals surface area contributed by atoms with E-state index in [1.165, 1.54) is 0 Å². The van der Waals surface area contributed by atoms with Crippen LogP contribution in [0.2, 0.25) is 0 Å². The number of likely N-dealkylation sites (tertiary alicyclic amines) is 1. The number of aryl methyl sites for hydroxylation is 1. The summed E-state index contributed by atoms with van der Waals surface area (Å²) in [6, 6.07) is 7.29. The lowest BCUT2D eigenvalue weighted by Crippen LogP contribution is -2.39. The monoisotopic (exact) mass is 394 g/mol. The molecule has 1 saturated heterocycles. The first-order valence-corrected chi connectivity index (χ1v) is 9.85. The maximum atomic E-state index is 13.1. The molecule has 8 heteroatoms. The molecule has 1 N–H and O–H groups in total. The third-order valence-electron chi connectivity index (χ3n) is 5.47. The fraction of sp³-hybridized carbons (Fsp3) is 0.381. The van der Waals surface area contributed by atoms with Crippen LogP contribution in [0.15, 0.2) is 35.0 Å². The molecule has 2 aromatic heterocycles. The zero-order valence-electron chi connectivity index (χ0n) is 16.2. The molecule has 150 valence electrons. The van der Waals surface area contributed by atoms with Crippen LogP contribution in [0.1, 0.15) is 40.5 Å². The van der Waals surface area contributed by atoms with Crippen LogP contribution >= 0.6 is 0 Å². The number of nitrogens with zero attached hydrogens (tertiary/aromatic N) is 3. The van der Waals surface area contributed by atoms with Crippen molar-refractivity contribution in [3.8, 4) is 22.8 Å². The highest BCUT2D eigenvalue weighted by Gasteiger charge is 2.29. The topological polar surface area (TPSA) is 93.5 Å². The van der Waals surface area contributed by atoms with E-state index >= 15 is 0 Å². The lowest BCUT2D eigenvalue weighted by Gasteiger charge is -2.33. The van der Waals surface area contributed by atoms with Crippen LogP contribution in [0.4, 0.5) is 0 Å². The summed E-state index contributed by atoms with van der Waals surface area (Å²) in [5.74, 6) is 2.18. The Morgan fingerprint density at radius 3 is 2.90 bits per heavy atom. The highest BCUT2D eigenvalue weighted by Crippen LogP contribution is 2.35. The molecular weight excluding hydrogens is 372 g/mol. The van der Waals surface area contributed by atoms with Crippen molar-refractivity contribution in [3.63, 3.8) is 0 Å². The van der Waals surface area contributed by atoms with Crippen molar-refractivity contribution in [1.29, 1.82) is 0 Å². The van der Waals surface area contributed by atoms with Gasteiger partial charge in [-0.3, -0.25) is 9.89 Å². The maximum absolute atomic E-state index is 13.1. The quantitative estimate of drug-likeness (QED) is 0.733. The summed E-state index contributed by atoms with van der Waals surface area (Å²) in [7, 11) is 0. The molecule has 3 aromatic rings. The molecule has 29 heavy (non-hydrogen) atoms. The standard InChI is InChI=1S/C21H22N4O4/c1-13-9-18(29-24-13)16-11-22-23-20(16)15-3-2-6-25(12-15)21(26)14-4-5-17-19(10-14)28-8-7-27-17/h4-5,9-11,15H,2-3,6-8,12H2,1H3,(H,22,23)/t15-/m0/s1. The summed E-state index contributed by atoms with van der Waals surface area (Å²) in [4.78, 5) is 15.0. The molecule has 1 amide bonds. The SMILES string of the molecule is Cc1cc(-c2cn[nH]c2[C@H]2CCCN(C(=O)c3ccc4c(c3)OCCO4)C2)on1. The van der Waals surface area contributed by atoms with E-state index in [1.54, 1.807) is 18.3 Å². The number of hydrogen-bond acceptors (Lipinski definition) is 6. The molecular formula is C21H22N4O4. The van der Waals surface area contributed by atoms with Gasteiger partial charge in [-0.25, -0.2) is 0 Å². The van der Waals surface area contributed by atoms with E-state index in [0.717, 1.165) is 36.3 Å². The second-order valence-electron chi connectivity index (χ2n) is 7.48. The Bertz CT molecular complexity index is 1040. The molecule has 5 rings (SSSR count). The number of aromatic nitrogens is 3. The first-order valence-electron chi connectivity index (χ1n) is 9.85. The van der Waals surface area contributed by atoms with Gasteiger partial charge in [-0.05, 0) is 38.0 Å². The van der Waals surface area contributed by atoms with Crippen LogP contribution < -0.4 is 9.47 Å². The lowest BCUT2D eigenvalue weighted by molar-refractivity contribution is 0.0705. The van der Waals surface area contributed by atoms with Crippen LogP contribution in [-0.2, 0) is 0 Å². The van der Waals surface area contributed by atoms with Gasteiger partial charge in [0.25, 0.3) is 5.91 Å². The molecule has 0 aliphatic carbocycles. The number of benzene rings is 1. The van der Waals surface area contributed by atoms with Crippen LogP contribution in [0.3, 0.4) is 0 Å². The number of rotatable bonds is 3. The van der Waals surface area contributed by atoms with Gasteiger partial charge in [0.1, 0.15) is 13.2 Å². The first kappa shape index (κ1) is 17.8. The Kier molecular flexibility index (Phi) is 4.46. The van der Waals surface area contributed by atoms with E-state index in [-0.39, 0.29) is 11.8 Å². The number of piperidine rings is 1. The molecule has 2 aliphatic rings. The first-order chi connectivity index (χ1) is 14.2. The number of amides is 1. The van der Waals surface area contributed by atoms with Gasteiger partial charge >= 0.3 is 0 Å². The van der Waals surface area contributed by atoms with Gasteiger partial charge in [0.15, 0.2) is 17.3 Å². The molecule has 0 bridgehead atoms. The minimum absolute atomic E-state index is 0.00301. The van der Waals surface area contributed by atoms with E-state index < -0.39 is 0 Å². The number of fused-ring (bicyclic) bond motifs is 1. The number of H-pyrrole nitrogens is 1. The Balaban J connectivity index is 1.36. The van der Waals surface area contributed by atoms with Crippen molar-refractivity contribution in [2.45, 2.75) is 25.7 Å². The van der Waals surface area contributed by atoms with E-state index in [4.69, 9.17) is 14.0 Å². The fourth-order valence-corrected chi connectivity index (χ4v) is 4.05. The Morgan fingerprint density at radius 1 is 1.21 bits per heavy atom. The second kappa shape index (κ2) is 7.27. The highest BCUT2D eigenvalue weighted by atomic mass is 16.6. The molecule has 1 fully saturated rings. The van der Waals surface area contributed by atoms with Gasteiger partial charge in [-0.1, -0.05) is 5.16 Å². The summed E-state index contributed by atoms with van der Waals surface area (Å²) in [5.41, 5.74) is 3.34. The predicted molar refractivity (Wildman–Crippen MR) is 104 cm³/mol. The molecule has 1 aromatic carbocycles. The fourth-order valence-electron chi connectivity index (χ4n) is 4.05. The summed E-state index contributed by atoms with van der Waals surface area (Å²) in [5, 5.41) is 11.3. The zero-order valence-corrected chi connectivity index (χ0v) is 16.2. The van der Waals surface area contributed by atoms with Crippen LogP contribution in [0.25, 0.3) is 11.3 Å². The summed E-state index contributed by atoms with van der Waals surface area (Å²) < 4.78 is 16.6. The van der Waals surface area contributed by atoms with E-state index in [1.807, 2.05) is 24.0 Å². The van der Waals surface area contributed by atoms with Gasteiger partial charge in [0.2, 0.25) is 0 Å². The Labute approximate surface area is 167 Å². The van der Waals surface area contributed by atoms with Crippen LogP contribution in [-0.4, -0.2) is 52.5 Å². The molecule has 2 aliphatic heterocycles. The number of ether oxygens (including phenoxy) is 2. The number of nitrogens with one attached hydrogen (secondary N) is 1. The summed E-state index contributed by atoms with van der Waals surface area (Å²) in [6.07, 6.45) is 3.67. The van der Waals surface area contributed by atoms with Gasteiger partial charge in [-0.15, -0.1) is 0 Å². The third kappa shape index (κ3) is 3.35. The van der Waals surface area contributed by atoms with Crippen LogP contribution in [0, 0.1) is 6.92 Å². The molecule has 0 radical (unpaired) electrons. The van der Waals surface area contributed by atoms with Crippen molar-refractivity contribution < 1.29 is 18.8 Å². The smallest absolute Gasteiger partial charge is 0.254 e. The molecule has 4 heterocycles. The van der Waals surface area contributed by atoms with Crippen molar-refractivity contribution in [2.24, 2.45) is 0 Å². The van der Waals surface area contributed by atoms with Gasteiger partial charge in [0.05, 0.1) is 23.1 Å². The minimum Gasteiger partial charge on any atom is -0.486 e. The molecule has 0 unspecified atom stereocenters. The van der Waals surface area contributed by atoms with Gasteiger partial charge < -0.3 is 18.9 Å². The van der Waals surface area contributed by atoms with Crippen molar-refractivity contribution >= 4 is 5.91 Å². The largest absolute Gasteiger partial charge is 0.486 e. The third-order valence-corrected chi connectivity index (χ3v) is 5.47. The van der Waals surface area contributed by atoms with Crippen molar-refractivity contribution in [1.82, 2.24) is 20.3 Å². The summed E-state index contributed by atoms with van der Waals surface area (Å²) >= 11 is 0. The molecule has 0 saturated carbocycles. The second-order valence-corrected chi connectivity index (χ2v) is 7.48. The Morgan fingerprint density at radius 2 is 2.07 bits per heavy atom. The maximum Gasteiger partial charge on any atom is 0.254 e. The number of aromatic amines is 1. The Hall–Kier alpha value is -3.29. The van der Waals surface area contributed by atoms with Crippen LogP contribution in [0.5, 0.6) is 11.5 Å². The molecule has 0 spiro atoms. The zero-order chi connectivity index (χ0) is 19.8. The normalized spacial score (nSPS) is 18.7. The predicted octanol–water partition coefficient (Wildman–Crippen LogP) is 3.16. The average molecular weight is 394 g/mol. The van der Waals surface area contributed by atoms with Gasteiger partial charge in [-0.2, -0.15) is 5.10 Å². The average Bonchev–Trinajstić information content (AvgIpc) is 3.42. The van der Waals surface area contributed by atoms with E-state index in [9.17, 15) is 4.79 Å². The molecule has 1 atom stereocenters. The van der Waals surface area contributed by atoms with Crippen molar-refractivity contribution in [2.75, 3.05) is 26.3 Å².